The van der Waals surface area contributed by atoms with Gasteiger partial charge >= 0.3 is 0 Å². The van der Waals surface area contributed by atoms with E-state index >= 15 is 0 Å². The molecule has 8 heteroatoms. The highest BCUT2D eigenvalue weighted by Crippen LogP contribution is 2.27. The topological polar surface area (TPSA) is 75.7 Å². The maximum atomic E-state index is 13.0. The Morgan fingerprint density at radius 2 is 1.87 bits per heavy atom. The Morgan fingerprint density at radius 3 is 2.48 bits per heavy atom. The van der Waals surface area contributed by atoms with E-state index in [0.29, 0.717) is 19.5 Å². The van der Waals surface area contributed by atoms with E-state index in [4.69, 9.17) is 16.3 Å². The van der Waals surface area contributed by atoms with Crippen LogP contribution in [0.15, 0.2) is 41.3 Å². The van der Waals surface area contributed by atoms with E-state index in [0.717, 1.165) is 36.1 Å². The van der Waals surface area contributed by atoms with Crippen LogP contribution in [0.5, 0.6) is 5.75 Å². The highest BCUT2D eigenvalue weighted by atomic mass is 35.5. The molecule has 1 heterocycles. The summed E-state index contributed by atoms with van der Waals surface area (Å²) in [5.74, 6) is 0.379. The monoisotopic (exact) mass is 464 g/mol. The molecule has 0 saturated carbocycles. The summed E-state index contributed by atoms with van der Waals surface area (Å²) < 4.78 is 32.8. The number of hydrogen-bond acceptors (Lipinski definition) is 4. The standard InChI is InChI=1S/C23H29ClN2O4S/c1-4-21(17-8-11-22(30-3)16(2)14-17)25-23(27)19-15-18(9-10-20(19)24)31(28,29)26-12-6-5-7-13-26/h8-11,14-15,21H,4-7,12-13H2,1-3H3,(H,25,27)/t21-/m1/s1. The van der Waals surface area contributed by atoms with Crippen molar-refractivity contribution in [2.75, 3.05) is 20.2 Å². The number of carbonyl (C=O) groups excluding carboxylic acids is 1. The van der Waals surface area contributed by atoms with Crippen molar-refractivity contribution in [1.82, 2.24) is 9.62 Å². The molecule has 0 bridgehead atoms. The van der Waals surface area contributed by atoms with Crippen LogP contribution in [0, 0.1) is 6.92 Å². The fourth-order valence-corrected chi connectivity index (χ4v) is 5.62. The molecule has 0 radical (unpaired) electrons. The molecule has 0 spiro atoms. The Morgan fingerprint density at radius 1 is 1.16 bits per heavy atom. The van der Waals surface area contributed by atoms with Crippen LogP contribution in [-0.2, 0) is 10.0 Å². The predicted octanol–water partition coefficient (Wildman–Crippen LogP) is 4.71. The number of halogens is 1. The lowest BCUT2D eigenvalue weighted by Crippen LogP contribution is -2.35. The summed E-state index contributed by atoms with van der Waals surface area (Å²) in [6, 6.07) is 9.85. The average Bonchev–Trinajstić information content (AvgIpc) is 2.78. The first-order valence-corrected chi connectivity index (χ1v) is 12.3. The molecule has 1 fully saturated rings. The number of aryl methyl sites for hydroxylation is 1. The molecule has 2 aromatic carbocycles. The van der Waals surface area contributed by atoms with Crippen LogP contribution in [-0.4, -0.2) is 38.8 Å². The third kappa shape index (κ3) is 5.22. The molecule has 6 nitrogen and oxygen atoms in total. The van der Waals surface area contributed by atoms with Gasteiger partial charge in [0.1, 0.15) is 5.75 Å². The zero-order chi connectivity index (χ0) is 22.6. The fourth-order valence-electron chi connectivity index (χ4n) is 3.87. The van der Waals surface area contributed by atoms with Crippen LogP contribution in [0.2, 0.25) is 5.02 Å². The summed E-state index contributed by atoms with van der Waals surface area (Å²) in [5, 5.41) is 3.21. The second kappa shape index (κ2) is 10.0. The highest BCUT2D eigenvalue weighted by Gasteiger charge is 2.27. The quantitative estimate of drug-likeness (QED) is 0.643. The molecule has 168 valence electrons. The van der Waals surface area contributed by atoms with Gasteiger partial charge in [-0.2, -0.15) is 4.31 Å². The number of hydrogen-bond donors (Lipinski definition) is 1. The Kier molecular flexibility index (Phi) is 7.62. The largest absolute Gasteiger partial charge is 0.496 e. The molecular weight excluding hydrogens is 436 g/mol. The minimum Gasteiger partial charge on any atom is -0.496 e. The van der Waals surface area contributed by atoms with Crippen molar-refractivity contribution in [2.24, 2.45) is 0 Å². The summed E-state index contributed by atoms with van der Waals surface area (Å²) in [4.78, 5) is 13.1. The van der Waals surface area contributed by atoms with Crippen molar-refractivity contribution in [2.45, 2.75) is 50.5 Å². The van der Waals surface area contributed by atoms with Gasteiger partial charge in [0.15, 0.2) is 0 Å². The summed E-state index contributed by atoms with van der Waals surface area (Å²) >= 11 is 6.28. The van der Waals surface area contributed by atoms with Crippen molar-refractivity contribution < 1.29 is 17.9 Å². The number of ether oxygens (including phenoxy) is 1. The number of piperidine rings is 1. The number of carbonyl (C=O) groups is 1. The lowest BCUT2D eigenvalue weighted by atomic mass is 10.0. The first-order chi connectivity index (χ1) is 14.8. The van der Waals surface area contributed by atoms with Gasteiger partial charge in [-0.15, -0.1) is 0 Å². The number of methoxy groups -OCH3 is 1. The molecule has 1 aliphatic rings. The Hall–Kier alpha value is -2.09. The van der Waals surface area contributed by atoms with Crippen LogP contribution in [0.3, 0.4) is 0 Å². The number of amides is 1. The third-order valence-electron chi connectivity index (χ3n) is 5.67. The molecule has 0 aliphatic carbocycles. The zero-order valence-electron chi connectivity index (χ0n) is 18.2. The first kappa shape index (κ1) is 23.6. The van der Waals surface area contributed by atoms with Crippen LogP contribution < -0.4 is 10.1 Å². The third-order valence-corrected chi connectivity index (χ3v) is 7.89. The Bertz CT molecular complexity index is 1050. The lowest BCUT2D eigenvalue weighted by molar-refractivity contribution is 0.0935. The van der Waals surface area contributed by atoms with E-state index < -0.39 is 15.9 Å². The van der Waals surface area contributed by atoms with E-state index in [9.17, 15) is 13.2 Å². The minimum atomic E-state index is -3.65. The molecule has 3 rings (SSSR count). The van der Waals surface area contributed by atoms with Crippen molar-refractivity contribution in [1.29, 1.82) is 0 Å². The summed E-state index contributed by atoms with van der Waals surface area (Å²) in [6.07, 6.45) is 3.39. The molecular formula is C23H29ClN2O4S. The molecule has 2 aromatic rings. The second-order valence-corrected chi connectivity index (χ2v) is 10.1. The van der Waals surface area contributed by atoms with Crippen LogP contribution in [0.25, 0.3) is 0 Å². The minimum absolute atomic E-state index is 0.0947. The van der Waals surface area contributed by atoms with Gasteiger partial charge in [0.05, 0.1) is 28.6 Å². The highest BCUT2D eigenvalue weighted by molar-refractivity contribution is 7.89. The summed E-state index contributed by atoms with van der Waals surface area (Å²) in [6.45, 7) is 4.93. The van der Waals surface area contributed by atoms with E-state index in [1.807, 2.05) is 32.0 Å². The van der Waals surface area contributed by atoms with Gasteiger partial charge in [-0.25, -0.2) is 8.42 Å². The van der Waals surface area contributed by atoms with Crippen molar-refractivity contribution in [3.63, 3.8) is 0 Å². The smallest absolute Gasteiger partial charge is 0.253 e. The molecule has 31 heavy (non-hydrogen) atoms. The predicted molar refractivity (Wildman–Crippen MR) is 122 cm³/mol. The zero-order valence-corrected chi connectivity index (χ0v) is 19.7. The van der Waals surface area contributed by atoms with E-state index in [1.165, 1.54) is 22.5 Å². The molecule has 1 amide bonds. The Balaban J connectivity index is 1.85. The van der Waals surface area contributed by atoms with Crippen molar-refractivity contribution in [3.8, 4) is 5.75 Å². The molecule has 1 saturated heterocycles. The van der Waals surface area contributed by atoms with Gasteiger partial charge in [-0.05, 0) is 61.6 Å². The first-order valence-electron chi connectivity index (χ1n) is 10.5. The van der Waals surface area contributed by atoms with E-state index in [1.54, 1.807) is 7.11 Å². The van der Waals surface area contributed by atoms with E-state index in [2.05, 4.69) is 5.32 Å². The molecule has 1 N–H and O–H groups in total. The van der Waals surface area contributed by atoms with Gasteiger partial charge in [-0.3, -0.25) is 4.79 Å². The van der Waals surface area contributed by atoms with Crippen LogP contribution in [0.1, 0.15) is 60.1 Å². The van der Waals surface area contributed by atoms with Gasteiger partial charge < -0.3 is 10.1 Å². The normalized spacial score (nSPS) is 16.0. The number of nitrogens with one attached hydrogen (secondary N) is 1. The number of rotatable bonds is 7. The Labute approximate surface area is 189 Å². The molecule has 1 aliphatic heterocycles. The fraction of sp³-hybridized carbons (Fsp3) is 0.435. The van der Waals surface area contributed by atoms with Crippen LogP contribution in [0.4, 0.5) is 0 Å². The second-order valence-electron chi connectivity index (χ2n) is 7.77. The average molecular weight is 465 g/mol. The van der Waals surface area contributed by atoms with Crippen molar-refractivity contribution in [3.05, 3.63) is 58.1 Å². The number of benzene rings is 2. The van der Waals surface area contributed by atoms with Gasteiger partial charge in [0.2, 0.25) is 10.0 Å². The van der Waals surface area contributed by atoms with Gasteiger partial charge in [0.25, 0.3) is 5.91 Å². The van der Waals surface area contributed by atoms with Crippen molar-refractivity contribution >= 4 is 27.5 Å². The van der Waals surface area contributed by atoms with E-state index in [-0.39, 0.29) is 21.5 Å². The molecule has 1 atom stereocenters. The molecule has 0 aromatic heterocycles. The SMILES string of the molecule is CC[C@@H](NC(=O)c1cc(S(=O)(=O)N2CCCCC2)ccc1Cl)c1ccc(OC)c(C)c1. The maximum absolute atomic E-state index is 13.0. The van der Waals surface area contributed by atoms with Gasteiger partial charge in [-0.1, -0.05) is 37.1 Å². The summed E-state index contributed by atoms with van der Waals surface area (Å²) in [5.41, 5.74) is 2.08. The molecule has 0 unspecified atom stereocenters. The van der Waals surface area contributed by atoms with Crippen LogP contribution >= 0.6 is 11.6 Å². The lowest BCUT2D eigenvalue weighted by Gasteiger charge is -2.26. The maximum Gasteiger partial charge on any atom is 0.253 e. The number of nitrogens with zero attached hydrogens (tertiary/aromatic N) is 1. The summed E-state index contributed by atoms with van der Waals surface area (Å²) in [7, 11) is -2.03. The number of sulfonamides is 1. The van der Waals surface area contributed by atoms with Gasteiger partial charge in [0, 0.05) is 13.1 Å².